The fraction of sp³-hybridized carbons (Fsp3) is 0.375. The molecule has 110 valence electrons. The molecule has 2 aromatic rings. The van der Waals surface area contributed by atoms with Crippen molar-refractivity contribution in [3.63, 3.8) is 0 Å². The zero-order chi connectivity index (χ0) is 14.8. The van der Waals surface area contributed by atoms with Crippen LogP contribution < -0.4 is 0 Å². The summed E-state index contributed by atoms with van der Waals surface area (Å²) in [7, 11) is 0. The zero-order valence-electron chi connectivity index (χ0n) is 11.9. The molecular formula is C16H17FN2OS. The van der Waals surface area contributed by atoms with Gasteiger partial charge in [0, 0.05) is 12.6 Å². The molecule has 0 saturated carbocycles. The maximum atomic E-state index is 13.0. The van der Waals surface area contributed by atoms with E-state index in [1.807, 2.05) is 11.8 Å². The van der Waals surface area contributed by atoms with Crippen LogP contribution in [0.1, 0.15) is 33.1 Å². The lowest BCUT2D eigenvalue weighted by molar-refractivity contribution is 0.0741. The van der Waals surface area contributed by atoms with Crippen molar-refractivity contribution in [3.8, 4) is 0 Å². The number of aryl methyl sites for hydroxylation is 1. The molecule has 3 rings (SSSR count). The zero-order valence-corrected chi connectivity index (χ0v) is 12.7. The largest absolute Gasteiger partial charge is 0.335 e. The van der Waals surface area contributed by atoms with Crippen LogP contribution in [0.4, 0.5) is 4.39 Å². The third kappa shape index (κ3) is 3.13. The lowest BCUT2D eigenvalue weighted by atomic mass is 10.0. The Morgan fingerprint density at radius 3 is 2.86 bits per heavy atom. The first-order valence-corrected chi connectivity index (χ1v) is 7.93. The Kier molecular flexibility index (Phi) is 4.01. The number of carbonyl (C=O) groups excluding carboxylic acids is 1. The van der Waals surface area contributed by atoms with E-state index in [1.54, 1.807) is 18.3 Å². The second-order valence-electron chi connectivity index (χ2n) is 5.37. The van der Waals surface area contributed by atoms with Gasteiger partial charge in [-0.3, -0.25) is 4.79 Å². The summed E-state index contributed by atoms with van der Waals surface area (Å²) in [5.41, 5.74) is 1.07. The SMILES string of the molecule is Cc1ncc(C(=O)N2CCCC2Cc2ccc(F)cc2)s1. The summed E-state index contributed by atoms with van der Waals surface area (Å²) in [5.74, 6) is -0.150. The molecule has 0 radical (unpaired) electrons. The Hall–Kier alpha value is -1.75. The number of hydrogen-bond acceptors (Lipinski definition) is 3. The average Bonchev–Trinajstić information content (AvgIpc) is 3.10. The number of nitrogens with zero attached hydrogens (tertiary/aromatic N) is 2. The van der Waals surface area contributed by atoms with E-state index in [2.05, 4.69) is 4.98 Å². The van der Waals surface area contributed by atoms with E-state index >= 15 is 0 Å². The van der Waals surface area contributed by atoms with Gasteiger partial charge in [-0.05, 0) is 43.9 Å². The summed E-state index contributed by atoms with van der Waals surface area (Å²) < 4.78 is 13.0. The highest BCUT2D eigenvalue weighted by atomic mass is 32.1. The van der Waals surface area contributed by atoms with Crippen molar-refractivity contribution >= 4 is 17.2 Å². The molecule has 5 heteroatoms. The summed E-state index contributed by atoms with van der Waals surface area (Å²) in [5, 5.41) is 0.910. The van der Waals surface area contributed by atoms with Crippen molar-refractivity contribution in [2.45, 2.75) is 32.2 Å². The Labute approximate surface area is 127 Å². The van der Waals surface area contributed by atoms with Crippen molar-refractivity contribution < 1.29 is 9.18 Å². The molecule has 1 atom stereocenters. The predicted molar refractivity (Wildman–Crippen MR) is 81.0 cm³/mol. The third-order valence-electron chi connectivity index (χ3n) is 3.85. The molecule has 0 spiro atoms. The molecule has 0 bridgehead atoms. The highest BCUT2D eigenvalue weighted by Crippen LogP contribution is 2.25. The fourth-order valence-corrected chi connectivity index (χ4v) is 3.54. The van der Waals surface area contributed by atoms with Gasteiger partial charge in [0.2, 0.25) is 0 Å². The van der Waals surface area contributed by atoms with Gasteiger partial charge in [0.15, 0.2) is 0 Å². The van der Waals surface area contributed by atoms with E-state index in [4.69, 9.17) is 0 Å². The van der Waals surface area contributed by atoms with Gasteiger partial charge in [0.25, 0.3) is 5.91 Å². The Morgan fingerprint density at radius 2 is 2.19 bits per heavy atom. The van der Waals surface area contributed by atoms with Gasteiger partial charge in [-0.25, -0.2) is 9.37 Å². The number of carbonyl (C=O) groups is 1. The van der Waals surface area contributed by atoms with Crippen molar-refractivity contribution in [1.82, 2.24) is 9.88 Å². The third-order valence-corrected chi connectivity index (χ3v) is 4.76. The minimum atomic E-state index is -0.224. The van der Waals surface area contributed by atoms with E-state index in [0.717, 1.165) is 36.4 Å². The second kappa shape index (κ2) is 5.93. The van der Waals surface area contributed by atoms with Gasteiger partial charge in [-0.2, -0.15) is 0 Å². The van der Waals surface area contributed by atoms with Gasteiger partial charge in [-0.1, -0.05) is 12.1 Å². The number of likely N-dealkylation sites (tertiary alicyclic amines) is 1. The number of halogens is 1. The van der Waals surface area contributed by atoms with Crippen molar-refractivity contribution in [2.24, 2.45) is 0 Å². The van der Waals surface area contributed by atoms with Crippen LogP contribution in [0.5, 0.6) is 0 Å². The molecule has 3 nitrogen and oxygen atoms in total. The lowest BCUT2D eigenvalue weighted by Gasteiger charge is -2.24. The molecule has 2 heterocycles. The average molecular weight is 304 g/mol. The van der Waals surface area contributed by atoms with Crippen LogP contribution in [-0.4, -0.2) is 28.4 Å². The van der Waals surface area contributed by atoms with E-state index in [1.165, 1.54) is 23.5 Å². The summed E-state index contributed by atoms with van der Waals surface area (Å²) in [6.07, 6.45) is 4.47. The fourth-order valence-electron chi connectivity index (χ4n) is 2.81. The van der Waals surface area contributed by atoms with Crippen molar-refractivity contribution in [3.05, 3.63) is 51.7 Å². The molecule has 1 aromatic heterocycles. The van der Waals surface area contributed by atoms with Crippen LogP contribution in [0.3, 0.4) is 0 Å². The van der Waals surface area contributed by atoms with Gasteiger partial charge >= 0.3 is 0 Å². The smallest absolute Gasteiger partial charge is 0.265 e. The van der Waals surface area contributed by atoms with Gasteiger partial charge in [-0.15, -0.1) is 11.3 Å². The van der Waals surface area contributed by atoms with Crippen molar-refractivity contribution in [1.29, 1.82) is 0 Å². The quantitative estimate of drug-likeness (QED) is 0.870. The Morgan fingerprint density at radius 1 is 1.43 bits per heavy atom. The highest BCUT2D eigenvalue weighted by molar-refractivity contribution is 7.13. The maximum absolute atomic E-state index is 13.0. The number of aromatic nitrogens is 1. The first-order valence-electron chi connectivity index (χ1n) is 7.11. The van der Waals surface area contributed by atoms with Crippen LogP contribution in [0.2, 0.25) is 0 Å². The second-order valence-corrected chi connectivity index (χ2v) is 6.60. The number of benzene rings is 1. The molecule has 0 aliphatic carbocycles. The summed E-state index contributed by atoms with van der Waals surface area (Å²) in [4.78, 5) is 19.4. The van der Waals surface area contributed by atoms with E-state index < -0.39 is 0 Å². The van der Waals surface area contributed by atoms with Gasteiger partial charge in [0.1, 0.15) is 10.7 Å². The maximum Gasteiger partial charge on any atom is 0.265 e. The molecule has 1 fully saturated rings. The Balaban J connectivity index is 1.73. The van der Waals surface area contributed by atoms with E-state index in [-0.39, 0.29) is 17.8 Å². The monoisotopic (exact) mass is 304 g/mol. The van der Waals surface area contributed by atoms with Crippen LogP contribution >= 0.6 is 11.3 Å². The number of rotatable bonds is 3. The molecular weight excluding hydrogens is 287 g/mol. The molecule has 1 amide bonds. The summed E-state index contributed by atoms with van der Waals surface area (Å²) in [6, 6.07) is 6.75. The van der Waals surface area contributed by atoms with Crippen LogP contribution in [0, 0.1) is 12.7 Å². The molecule has 21 heavy (non-hydrogen) atoms. The standard InChI is InChI=1S/C16H17FN2OS/c1-11-18-10-15(21-11)16(20)19-8-2-3-14(19)9-12-4-6-13(17)7-5-12/h4-7,10,14H,2-3,8-9H2,1H3. The number of thiazole rings is 1. The molecule has 1 aromatic carbocycles. The minimum Gasteiger partial charge on any atom is -0.335 e. The van der Waals surface area contributed by atoms with Crippen molar-refractivity contribution in [2.75, 3.05) is 6.54 Å². The topological polar surface area (TPSA) is 33.2 Å². The number of hydrogen-bond donors (Lipinski definition) is 0. The summed E-state index contributed by atoms with van der Waals surface area (Å²) >= 11 is 1.44. The van der Waals surface area contributed by atoms with Crippen LogP contribution in [0.25, 0.3) is 0 Å². The first kappa shape index (κ1) is 14.2. The van der Waals surface area contributed by atoms with E-state index in [0.29, 0.717) is 4.88 Å². The molecule has 1 unspecified atom stereocenters. The Bertz CT molecular complexity index is 638. The minimum absolute atomic E-state index is 0.0743. The van der Waals surface area contributed by atoms with E-state index in [9.17, 15) is 9.18 Å². The highest BCUT2D eigenvalue weighted by Gasteiger charge is 2.30. The molecule has 0 N–H and O–H groups in total. The van der Waals surface area contributed by atoms with Crippen LogP contribution in [0.15, 0.2) is 30.5 Å². The molecule has 1 aliphatic rings. The normalized spacial score (nSPS) is 18.2. The number of amides is 1. The lowest BCUT2D eigenvalue weighted by Crippen LogP contribution is -2.36. The van der Waals surface area contributed by atoms with Gasteiger partial charge in [0.05, 0.1) is 11.2 Å². The van der Waals surface area contributed by atoms with Gasteiger partial charge < -0.3 is 4.90 Å². The van der Waals surface area contributed by atoms with Crippen LogP contribution in [-0.2, 0) is 6.42 Å². The summed E-state index contributed by atoms with van der Waals surface area (Å²) in [6.45, 7) is 2.70. The predicted octanol–water partition coefficient (Wildman–Crippen LogP) is 3.44. The first-order chi connectivity index (χ1) is 10.1. The molecule has 1 saturated heterocycles. The molecule has 1 aliphatic heterocycles.